The number of ether oxygens (including phenoxy) is 1. The molecule has 1 aliphatic heterocycles. The lowest BCUT2D eigenvalue weighted by molar-refractivity contribution is -0.136. The maximum atomic E-state index is 13.2. The van der Waals surface area contributed by atoms with Crippen LogP contribution >= 0.6 is 22.7 Å². The van der Waals surface area contributed by atoms with E-state index in [1.165, 1.54) is 34.5 Å². The zero-order valence-electron chi connectivity index (χ0n) is 12.9. The Bertz CT molecular complexity index is 959. The summed E-state index contributed by atoms with van der Waals surface area (Å²) >= 11 is 2.79. The Morgan fingerprint density at radius 3 is 2.88 bits per heavy atom. The van der Waals surface area contributed by atoms with Crippen molar-refractivity contribution in [3.63, 3.8) is 0 Å². The summed E-state index contributed by atoms with van der Waals surface area (Å²) in [6, 6.07) is 4.77. The van der Waals surface area contributed by atoms with Gasteiger partial charge in [0.15, 0.2) is 0 Å². The Hall–Kier alpha value is -2.85. The van der Waals surface area contributed by atoms with Gasteiger partial charge in [0.05, 0.1) is 17.6 Å². The van der Waals surface area contributed by atoms with Gasteiger partial charge >= 0.3 is 5.97 Å². The van der Waals surface area contributed by atoms with Gasteiger partial charge in [-0.15, -0.1) is 11.3 Å². The fraction of sp³-hybridized carbons (Fsp3) is 0.133. The summed E-state index contributed by atoms with van der Waals surface area (Å²) in [5, 5.41) is 20.0. The molecule has 126 valence electrons. The molecule has 3 aromatic rings. The van der Waals surface area contributed by atoms with E-state index in [4.69, 9.17) is 4.74 Å². The first kappa shape index (κ1) is 15.7. The van der Waals surface area contributed by atoms with Gasteiger partial charge in [0.2, 0.25) is 11.7 Å². The van der Waals surface area contributed by atoms with Crippen LogP contribution in [0.5, 0.6) is 0 Å². The van der Waals surface area contributed by atoms with Gasteiger partial charge < -0.3 is 10.1 Å². The summed E-state index contributed by atoms with van der Waals surface area (Å²) < 4.78 is 6.36. The highest BCUT2D eigenvalue weighted by Crippen LogP contribution is 2.37. The van der Waals surface area contributed by atoms with Crippen molar-refractivity contribution in [2.24, 2.45) is 0 Å². The molecular weight excluding hydrogens is 362 g/mol. The van der Waals surface area contributed by atoms with Crippen LogP contribution in [-0.2, 0) is 9.53 Å². The quantitative estimate of drug-likeness (QED) is 0.552. The number of methoxy groups -OCH3 is 1. The van der Waals surface area contributed by atoms with Crippen molar-refractivity contribution >= 4 is 40.4 Å². The largest absolute Gasteiger partial charge is 0.464 e. The van der Waals surface area contributed by atoms with E-state index >= 15 is 0 Å². The number of tetrazole rings is 1. The number of nitrogens with one attached hydrogen (secondary N) is 1. The number of esters is 1. The number of aromatic nitrogens is 4. The summed E-state index contributed by atoms with van der Waals surface area (Å²) in [5.41, 5.74) is 1.13. The minimum atomic E-state index is -0.644. The second-order valence-corrected chi connectivity index (χ2v) is 6.85. The molecule has 4 heterocycles. The Morgan fingerprint density at radius 2 is 2.20 bits per heavy atom. The fourth-order valence-electron chi connectivity index (χ4n) is 2.67. The van der Waals surface area contributed by atoms with Gasteiger partial charge in [0, 0.05) is 0 Å². The number of nitrogens with zero attached hydrogens (tertiary/aromatic N) is 4. The lowest BCUT2D eigenvalue weighted by Gasteiger charge is -2.27. The monoisotopic (exact) mass is 373 g/mol. The molecule has 0 unspecified atom stereocenters. The first-order valence-corrected chi connectivity index (χ1v) is 9.00. The average Bonchev–Trinajstić information content (AvgIpc) is 3.40. The van der Waals surface area contributed by atoms with Crippen LogP contribution < -0.4 is 5.32 Å². The molecule has 3 aromatic heterocycles. The van der Waals surface area contributed by atoms with E-state index in [-0.39, 0.29) is 23.0 Å². The summed E-state index contributed by atoms with van der Waals surface area (Å²) in [7, 11) is 1.27. The van der Waals surface area contributed by atoms with Crippen molar-refractivity contribution in [2.45, 2.75) is 6.04 Å². The summed E-state index contributed by atoms with van der Waals surface area (Å²) in [6.07, 6.45) is 0. The molecule has 0 fully saturated rings. The smallest absolute Gasteiger partial charge is 0.355 e. The molecule has 1 aliphatic rings. The van der Waals surface area contributed by atoms with Crippen LogP contribution in [0.2, 0.25) is 0 Å². The predicted molar refractivity (Wildman–Crippen MR) is 91.6 cm³/mol. The van der Waals surface area contributed by atoms with E-state index in [1.807, 2.05) is 22.2 Å². The van der Waals surface area contributed by atoms with Crippen LogP contribution in [0.15, 0.2) is 45.6 Å². The van der Waals surface area contributed by atoms with Crippen LogP contribution in [-0.4, -0.2) is 39.1 Å². The van der Waals surface area contributed by atoms with E-state index in [0.717, 1.165) is 5.56 Å². The molecule has 0 saturated carbocycles. The number of thiophene rings is 2. The highest BCUT2D eigenvalue weighted by Gasteiger charge is 2.38. The highest BCUT2D eigenvalue weighted by molar-refractivity contribution is 7.12. The van der Waals surface area contributed by atoms with Crippen molar-refractivity contribution in [2.75, 3.05) is 12.4 Å². The van der Waals surface area contributed by atoms with Crippen LogP contribution in [0.4, 0.5) is 5.95 Å². The summed E-state index contributed by atoms with van der Waals surface area (Å²) in [4.78, 5) is 26.0. The molecule has 8 nitrogen and oxygen atoms in total. The number of allylic oxidation sites excluding steroid dienone is 1. The van der Waals surface area contributed by atoms with Gasteiger partial charge in [-0.25, -0.2) is 4.79 Å². The van der Waals surface area contributed by atoms with Gasteiger partial charge in [-0.2, -0.15) is 16.0 Å². The number of hydrogen-bond donors (Lipinski definition) is 1. The SMILES string of the molecule is COC(=O)C1=C(C(=O)c2cccs2)[C@H](c2ccsc2)n2nnnc2N1. The zero-order valence-corrected chi connectivity index (χ0v) is 14.5. The van der Waals surface area contributed by atoms with Crippen LogP contribution in [0.1, 0.15) is 21.3 Å². The third kappa shape index (κ3) is 2.55. The molecule has 0 amide bonds. The second kappa shape index (κ2) is 6.22. The Labute approximate surface area is 149 Å². The minimum Gasteiger partial charge on any atom is -0.464 e. The molecule has 0 spiro atoms. The zero-order chi connectivity index (χ0) is 17.4. The van der Waals surface area contributed by atoms with E-state index in [1.54, 1.807) is 12.1 Å². The molecule has 1 atom stereocenters. The topological polar surface area (TPSA) is 99.0 Å². The Morgan fingerprint density at radius 1 is 1.32 bits per heavy atom. The van der Waals surface area contributed by atoms with E-state index in [9.17, 15) is 9.59 Å². The molecule has 0 aromatic carbocycles. The third-order valence-corrected chi connectivity index (χ3v) is 5.33. The first-order valence-electron chi connectivity index (χ1n) is 7.18. The molecular formula is C15H11N5O3S2. The van der Waals surface area contributed by atoms with Crippen LogP contribution in [0, 0.1) is 0 Å². The third-order valence-electron chi connectivity index (χ3n) is 3.75. The number of fused-ring (bicyclic) bond motifs is 1. The van der Waals surface area contributed by atoms with Crippen molar-refractivity contribution in [3.8, 4) is 0 Å². The van der Waals surface area contributed by atoms with Crippen molar-refractivity contribution < 1.29 is 14.3 Å². The number of ketones is 1. The van der Waals surface area contributed by atoms with Crippen molar-refractivity contribution in [1.29, 1.82) is 0 Å². The predicted octanol–water partition coefficient (Wildman–Crippen LogP) is 2.12. The summed E-state index contributed by atoms with van der Waals surface area (Å²) in [6.45, 7) is 0. The molecule has 10 heteroatoms. The molecule has 0 bridgehead atoms. The standard InChI is InChI=1S/C15H11N5O3S2/c1-23-14(22)11-10(13(21)9-3-2-5-25-9)12(8-4-6-24-7-8)20-15(16-11)17-18-19-20/h2-7,12H,1H3,(H,16,17,19)/t12-/m0/s1. The van der Waals surface area contributed by atoms with Gasteiger partial charge in [-0.1, -0.05) is 11.2 Å². The molecule has 4 rings (SSSR count). The molecule has 0 radical (unpaired) electrons. The second-order valence-electron chi connectivity index (χ2n) is 5.12. The Kier molecular flexibility index (Phi) is 3.90. The van der Waals surface area contributed by atoms with E-state index in [0.29, 0.717) is 4.88 Å². The number of carbonyl (C=O) groups excluding carboxylic acids is 2. The highest BCUT2D eigenvalue weighted by atomic mass is 32.1. The molecule has 0 saturated heterocycles. The number of rotatable bonds is 4. The number of carbonyl (C=O) groups is 2. The number of anilines is 1. The minimum absolute atomic E-state index is 0.0550. The summed E-state index contributed by atoms with van der Waals surface area (Å²) in [5.74, 6) is -0.631. The average molecular weight is 373 g/mol. The molecule has 1 N–H and O–H groups in total. The number of Topliss-reactive ketones (excluding diaryl/α,β-unsaturated/α-hetero) is 1. The lowest BCUT2D eigenvalue weighted by atomic mass is 9.93. The maximum Gasteiger partial charge on any atom is 0.355 e. The van der Waals surface area contributed by atoms with Gasteiger partial charge in [-0.3, -0.25) is 4.79 Å². The Balaban J connectivity index is 1.95. The first-order chi connectivity index (χ1) is 12.2. The van der Waals surface area contributed by atoms with Crippen molar-refractivity contribution in [1.82, 2.24) is 20.2 Å². The number of hydrogen-bond acceptors (Lipinski definition) is 9. The van der Waals surface area contributed by atoms with E-state index < -0.39 is 12.0 Å². The van der Waals surface area contributed by atoms with Gasteiger partial charge in [0.1, 0.15) is 11.7 Å². The molecule has 25 heavy (non-hydrogen) atoms. The van der Waals surface area contributed by atoms with Gasteiger partial charge in [-0.05, 0) is 44.3 Å². The van der Waals surface area contributed by atoms with Gasteiger partial charge in [0.25, 0.3) is 0 Å². The van der Waals surface area contributed by atoms with Crippen LogP contribution in [0.25, 0.3) is 0 Å². The van der Waals surface area contributed by atoms with Crippen LogP contribution in [0.3, 0.4) is 0 Å². The fourth-order valence-corrected chi connectivity index (χ4v) is 4.02. The van der Waals surface area contributed by atoms with Crippen molar-refractivity contribution in [3.05, 3.63) is 56.1 Å². The maximum absolute atomic E-state index is 13.2. The normalized spacial score (nSPS) is 16.3. The van der Waals surface area contributed by atoms with E-state index in [2.05, 4.69) is 20.8 Å². The molecule has 0 aliphatic carbocycles. The lowest BCUT2D eigenvalue weighted by Crippen LogP contribution is -2.32.